The van der Waals surface area contributed by atoms with E-state index >= 15 is 13.2 Å². The number of amides is 1. The van der Waals surface area contributed by atoms with Gasteiger partial charge >= 0.3 is 20.5 Å². The molecule has 1 amide bonds. The number of aromatic nitrogens is 5. The van der Waals surface area contributed by atoms with Crippen LogP contribution in [-0.4, -0.2) is 125 Å². The molecule has 252 valence electrons. The molecule has 27 heteroatoms. The molecule has 46 heavy (non-hydrogen) atoms. The van der Waals surface area contributed by atoms with Gasteiger partial charge in [0, 0.05) is 0 Å². The predicted octanol–water partition coefficient (Wildman–Crippen LogP) is -1.75. The van der Waals surface area contributed by atoms with Crippen molar-refractivity contribution < 1.29 is 55.1 Å². The number of hydrogen-bond donors (Lipinski definition) is 6. The van der Waals surface area contributed by atoms with Gasteiger partial charge in [0.15, 0.2) is 29.1 Å². The number of nitrogens with one attached hydrogen (secondary N) is 2. The first-order valence-corrected chi connectivity index (χ1v) is 18.3. The molecular weight excluding hydrogens is 709 g/mol. The van der Waals surface area contributed by atoms with Crippen LogP contribution >= 0.6 is 26.3 Å². The normalized spacial score (nSPS) is 44.2. The Labute approximate surface area is 264 Å². The molecular formula is C19H24F3N11O9P2S2. The van der Waals surface area contributed by atoms with Crippen LogP contribution in [-0.2, 0) is 44.0 Å². The number of thioether (sulfide) groups is 1. The Bertz CT molecular complexity index is 1680. The van der Waals surface area contributed by atoms with Crippen molar-refractivity contribution in [2.45, 2.75) is 65.8 Å². The van der Waals surface area contributed by atoms with Crippen LogP contribution in [0.4, 0.5) is 19.0 Å². The van der Waals surface area contributed by atoms with Gasteiger partial charge < -0.3 is 35.0 Å². The summed E-state index contributed by atoms with van der Waals surface area (Å²) in [5, 5.41) is 10.4. The highest BCUT2D eigenvalue weighted by Gasteiger charge is 2.64. The first-order chi connectivity index (χ1) is 21.6. The Hall–Kier alpha value is -2.12. The van der Waals surface area contributed by atoms with E-state index < -0.39 is 99.4 Å². The summed E-state index contributed by atoms with van der Waals surface area (Å²) in [5.74, 6) is -4.80. The number of anilines is 1. The van der Waals surface area contributed by atoms with Crippen LogP contribution in [0, 0.1) is 0 Å². The smallest absolute Gasteiger partial charge is 0.382 e. The second kappa shape index (κ2) is 11.5. The van der Waals surface area contributed by atoms with Crippen molar-refractivity contribution in [3.05, 3.63) is 6.33 Å². The highest BCUT2D eigenvalue weighted by molar-refractivity contribution is 8.07. The summed E-state index contributed by atoms with van der Waals surface area (Å²) in [6.07, 6.45) is -9.99. The van der Waals surface area contributed by atoms with Gasteiger partial charge in [0.05, 0.1) is 24.8 Å². The fourth-order valence-corrected chi connectivity index (χ4v) is 9.63. The Balaban J connectivity index is 1.18. The number of carbonyl (C=O) groups is 1. The number of phosphoric acid groups is 1. The molecule has 5 aliphatic rings. The molecule has 5 unspecified atom stereocenters. The van der Waals surface area contributed by atoms with Gasteiger partial charge in [-0.1, -0.05) is 5.21 Å². The Kier molecular flexibility index (Phi) is 8.10. The van der Waals surface area contributed by atoms with E-state index in [9.17, 15) is 19.1 Å². The third-order valence-corrected chi connectivity index (χ3v) is 11.7. The zero-order valence-electron chi connectivity index (χ0n) is 22.7. The topological polar surface area (TPSA) is 269 Å². The molecule has 20 nitrogen and oxygen atoms in total. The van der Waals surface area contributed by atoms with E-state index in [0.29, 0.717) is 4.68 Å². The average Bonchev–Trinajstić information content (AvgIpc) is 3.71. The molecule has 2 bridgehead atoms. The van der Waals surface area contributed by atoms with Crippen molar-refractivity contribution in [2.75, 3.05) is 18.9 Å². The SMILES string of the molecule is Nc1ncnc2c1nnn2[C@@H]1O[C@@H]2COP(O)(=S)O[C@@H]3[C@@H](F)[C@@H](COP(=O)(O)O[C@H]2C1(F)F)S[C@H]3N1C=NC2C(=O)NC(N)NC21. The fourth-order valence-electron chi connectivity index (χ4n) is 5.56. The van der Waals surface area contributed by atoms with Crippen LogP contribution in [0.1, 0.15) is 6.23 Å². The largest absolute Gasteiger partial charge is 0.472 e. The first kappa shape index (κ1) is 32.4. The number of halogens is 3. The number of fused-ring (bicyclic) bond motifs is 5. The molecule has 5 aliphatic heterocycles. The van der Waals surface area contributed by atoms with Crippen molar-refractivity contribution in [3.63, 3.8) is 0 Å². The summed E-state index contributed by atoms with van der Waals surface area (Å²) in [7, 11) is -5.37. The minimum atomic E-state index is -5.37. The van der Waals surface area contributed by atoms with Crippen LogP contribution in [0.3, 0.4) is 0 Å². The van der Waals surface area contributed by atoms with Crippen LogP contribution in [0.25, 0.3) is 11.2 Å². The summed E-state index contributed by atoms with van der Waals surface area (Å²) >= 11 is 5.95. The summed E-state index contributed by atoms with van der Waals surface area (Å²) < 4.78 is 87.7. The zero-order valence-corrected chi connectivity index (χ0v) is 26.1. The molecule has 4 fully saturated rings. The lowest BCUT2D eigenvalue weighted by Crippen LogP contribution is -2.70. The van der Waals surface area contributed by atoms with Crippen molar-refractivity contribution >= 4 is 67.3 Å². The lowest BCUT2D eigenvalue weighted by Gasteiger charge is -2.39. The summed E-state index contributed by atoms with van der Waals surface area (Å²) in [4.78, 5) is 47.1. The van der Waals surface area contributed by atoms with Gasteiger partial charge in [-0.3, -0.25) is 34.4 Å². The van der Waals surface area contributed by atoms with Gasteiger partial charge in [0.2, 0.25) is 6.23 Å². The number of hydrogen-bond acceptors (Lipinski definition) is 18. The molecule has 2 aromatic heterocycles. The lowest BCUT2D eigenvalue weighted by atomic mass is 10.1. The van der Waals surface area contributed by atoms with Crippen LogP contribution in [0.5, 0.6) is 0 Å². The number of phosphoric ester groups is 1. The van der Waals surface area contributed by atoms with E-state index in [4.69, 9.17) is 46.1 Å². The first-order valence-electron chi connectivity index (χ1n) is 13.2. The molecule has 0 saturated carbocycles. The van der Waals surface area contributed by atoms with E-state index in [2.05, 4.69) is 35.9 Å². The molecule has 2 aromatic rings. The third kappa shape index (κ3) is 5.59. The van der Waals surface area contributed by atoms with Gasteiger partial charge in [-0.25, -0.2) is 18.9 Å². The van der Waals surface area contributed by atoms with Gasteiger partial charge in [-0.2, -0.15) is 13.5 Å². The van der Waals surface area contributed by atoms with E-state index in [-0.39, 0.29) is 17.0 Å². The molecule has 0 radical (unpaired) electrons. The molecule has 8 N–H and O–H groups in total. The highest BCUT2D eigenvalue weighted by Crippen LogP contribution is 2.57. The van der Waals surface area contributed by atoms with Crippen LogP contribution < -0.4 is 22.1 Å². The lowest BCUT2D eigenvalue weighted by molar-refractivity contribution is -0.141. The number of carbonyl (C=O) groups excluding carboxylic acids is 1. The Morgan fingerprint density at radius 2 is 2.00 bits per heavy atom. The van der Waals surface area contributed by atoms with E-state index in [1.54, 1.807) is 0 Å². The Morgan fingerprint density at radius 1 is 1.22 bits per heavy atom. The molecule has 7 rings (SSSR count). The Morgan fingerprint density at radius 3 is 2.78 bits per heavy atom. The average molecular weight is 734 g/mol. The summed E-state index contributed by atoms with van der Waals surface area (Å²) in [6, 6.07) is -0.962. The number of nitrogens with zero attached hydrogens (tertiary/aromatic N) is 7. The van der Waals surface area contributed by atoms with E-state index in [1.807, 2.05) is 0 Å². The second-order valence-electron chi connectivity index (χ2n) is 10.6. The maximum atomic E-state index is 15.9. The maximum Gasteiger partial charge on any atom is 0.472 e. The zero-order chi connectivity index (χ0) is 32.8. The van der Waals surface area contributed by atoms with Crippen molar-refractivity contribution in [3.8, 4) is 0 Å². The summed E-state index contributed by atoms with van der Waals surface area (Å²) in [6.45, 7) is -6.28. The van der Waals surface area contributed by atoms with E-state index in [1.165, 1.54) is 11.2 Å². The molecule has 0 aromatic carbocycles. The van der Waals surface area contributed by atoms with Crippen molar-refractivity contribution in [1.29, 1.82) is 0 Å². The van der Waals surface area contributed by atoms with Crippen LogP contribution in [0.2, 0.25) is 0 Å². The monoisotopic (exact) mass is 733 g/mol. The van der Waals surface area contributed by atoms with Crippen molar-refractivity contribution in [2.24, 2.45) is 10.7 Å². The number of rotatable bonds is 2. The third-order valence-electron chi connectivity index (χ3n) is 7.62. The number of ether oxygens (including phenoxy) is 1. The minimum Gasteiger partial charge on any atom is -0.382 e. The second-order valence-corrected chi connectivity index (χ2v) is 16.1. The number of nitrogens with two attached hydrogens (primary N) is 2. The number of alkyl halides is 3. The van der Waals surface area contributed by atoms with Crippen molar-refractivity contribution in [1.82, 2.24) is 40.5 Å². The molecule has 7 heterocycles. The molecule has 12 atom stereocenters. The number of aliphatic imine (C=N–C) groups is 1. The van der Waals surface area contributed by atoms with Gasteiger partial charge in [-0.05, 0) is 11.8 Å². The molecule has 0 aliphatic carbocycles. The van der Waals surface area contributed by atoms with Gasteiger partial charge in [-0.15, -0.1) is 16.9 Å². The minimum absolute atomic E-state index is 0.125. The maximum absolute atomic E-state index is 15.9. The highest BCUT2D eigenvalue weighted by atomic mass is 32.5. The predicted molar refractivity (Wildman–Crippen MR) is 152 cm³/mol. The molecule has 4 saturated heterocycles. The summed E-state index contributed by atoms with van der Waals surface area (Å²) in [5.41, 5.74) is 11.2. The van der Waals surface area contributed by atoms with E-state index in [0.717, 1.165) is 18.1 Å². The standard InChI is InChI=1S/C19H24F3N11O9P2S2/c20-7-6-2-38-43(35,36)42-11-5(40-17(19(11,21)22)33-13-8(30-31-33)12(23)25-3-26-13)1-39-44(37,45)41-10(7)16(46-6)32-4-27-9-14(32)28-18(24)29-15(9)34/h3-7,9-11,14,16-18,28H,1-2,24H2,(H,29,34)(H,35,36)(H,37,45)(H2,23,25,26)/t5-,6-,7+,9?,10-,11-,14?,16-,17-,18?,44?/m1/s1. The fraction of sp³-hybridized carbons (Fsp3) is 0.684. The van der Waals surface area contributed by atoms with Crippen LogP contribution in [0.15, 0.2) is 11.3 Å². The molecule has 0 spiro atoms. The quantitative estimate of drug-likeness (QED) is 0.187. The van der Waals surface area contributed by atoms with Gasteiger partial charge in [0.25, 0.3) is 5.91 Å². The number of nitrogen functional groups attached to an aromatic ring is 1. The van der Waals surface area contributed by atoms with Gasteiger partial charge in [0.1, 0.15) is 42.5 Å².